The Kier molecular flexibility index (Phi) is 7.80. The number of carboxylic acid groups (broad SMARTS) is 2. The standard InChI is InChI=1S/C17H22O6/c1-12(6-4-10-15(18)19)7-5-11-23-17(22)14-9-3-2-8-13(14)16(20)21/h2-3,8-9,12H,4-7,10-11H2,1H3,(H,18,19)(H,20,21)/p-1. The molecule has 0 saturated carbocycles. The molecule has 1 aromatic carbocycles. The Morgan fingerprint density at radius 3 is 2.35 bits per heavy atom. The molecular formula is C17H21O6-. The number of ether oxygens (including phenoxy) is 1. The van der Waals surface area contributed by atoms with Crippen LogP contribution in [0, 0.1) is 5.92 Å². The summed E-state index contributed by atoms with van der Waals surface area (Å²) in [6.45, 7) is 2.22. The highest BCUT2D eigenvalue weighted by Crippen LogP contribution is 2.15. The van der Waals surface area contributed by atoms with Crippen molar-refractivity contribution in [2.75, 3.05) is 6.61 Å². The van der Waals surface area contributed by atoms with Crippen molar-refractivity contribution in [3.63, 3.8) is 0 Å². The first-order valence-electron chi connectivity index (χ1n) is 7.61. The third kappa shape index (κ3) is 6.95. The minimum absolute atomic E-state index is 0.0120. The third-order valence-corrected chi connectivity index (χ3v) is 3.53. The van der Waals surface area contributed by atoms with E-state index in [0.717, 1.165) is 12.8 Å². The van der Waals surface area contributed by atoms with Gasteiger partial charge >= 0.3 is 11.9 Å². The van der Waals surface area contributed by atoms with Crippen LogP contribution < -0.4 is 5.11 Å². The van der Waals surface area contributed by atoms with Crippen LogP contribution in [0.5, 0.6) is 0 Å². The van der Waals surface area contributed by atoms with Gasteiger partial charge in [-0.15, -0.1) is 0 Å². The van der Waals surface area contributed by atoms with Gasteiger partial charge in [-0.1, -0.05) is 31.5 Å². The van der Waals surface area contributed by atoms with E-state index in [1.807, 2.05) is 6.92 Å². The average molecular weight is 321 g/mol. The van der Waals surface area contributed by atoms with Gasteiger partial charge in [-0.25, -0.2) is 4.79 Å². The van der Waals surface area contributed by atoms with Crippen LogP contribution in [0.4, 0.5) is 0 Å². The molecule has 126 valence electrons. The first-order valence-corrected chi connectivity index (χ1v) is 7.61. The van der Waals surface area contributed by atoms with Gasteiger partial charge < -0.3 is 19.7 Å². The maximum absolute atomic E-state index is 11.9. The molecule has 0 amide bonds. The van der Waals surface area contributed by atoms with Crippen molar-refractivity contribution < 1.29 is 29.3 Å². The van der Waals surface area contributed by atoms with Crippen LogP contribution in [0.2, 0.25) is 0 Å². The van der Waals surface area contributed by atoms with Crippen LogP contribution in [0.3, 0.4) is 0 Å². The maximum atomic E-state index is 11.9. The van der Waals surface area contributed by atoms with Crippen LogP contribution in [0.25, 0.3) is 0 Å². The summed E-state index contributed by atoms with van der Waals surface area (Å²) < 4.78 is 5.09. The summed E-state index contributed by atoms with van der Waals surface area (Å²) in [6.07, 6.45) is 3.07. The zero-order valence-corrected chi connectivity index (χ0v) is 13.1. The largest absolute Gasteiger partial charge is 0.545 e. The molecule has 0 radical (unpaired) electrons. The quantitative estimate of drug-likeness (QED) is 0.521. The summed E-state index contributed by atoms with van der Waals surface area (Å²) >= 11 is 0. The number of benzene rings is 1. The van der Waals surface area contributed by atoms with Crippen LogP contribution in [-0.2, 0) is 9.53 Å². The van der Waals surface area contributed by atoms with Crippen molar-refractivity contribution in [2.45, 2.75) is 39.0 Å². The Hall–Kier alpha value is -2.37. The van der Waals surface area contributed by atoms with Gasteiger partial charge in [0.15, 0.2) is 0 Å². The Balaban J connectivity index is 2.32. The fraction of sp³-hybridized carbons (Fsp3) is 0.471. The van der Waals surface area contributed by atoms with Gasteiger partial charge in [-0.2, -0.15) is 0 Å². The van der Waals surface area contributed by atoms with E-state index in [1.54, 1.807) is 6.07 Å². The second-order valence-corrected chi connectivity index (χ2v) is 5.50. The predicted molar refractivity (Wildman–Crippen MR) is 80.9 cm³/mol. The highest BCUT2D eigenvalue weighted by Gasteiger charge is 2.13. The number of carbonyl (C=O) groups is 3. The lowest BCUT2D eigenvalue weighted by Gasteiger charge is -2.12. The van der Waals surface area contributed by atoms with E-state index in [4.69, 9.17) is 9.84 Å². The molecule has 0 aromatic heterocycles. The molecule has 1 N–H and O–H groups in total. The second-order valence-electron chi connectivity index (χ2n) is 5.50. The molecule has 6 heteroatoms. The summed E-state index contributed by atoms with van der Waals surface area (Å²) in [7, 11) is 0. The van der Waals surface area contributed by atoms with Crippen molar-refractivity contribution >= 4 is 17.9 Å². The Labute approximate surface area is 135 Å². The molecule has 0 aliphatic rings. The first-order chi connectivity index (χ1) is 10.9. The normalized spacial score (nSPS) is 11.7. The summed E-state index contributed by atoms with van der Waals surface area (Å²) in [6, 6.07) is 5.77. The summed E-state index contributed by atoms with van der Waals surface area (Å²) in [5.74, 6) is -2.53. The van der Waals surface area contributed by atoms with E-state index < -0.39 is 17.9 Å². The monoisotopic (exact) mass is 321 g/mol. The highest BCUT2D eigenvalue weighted by molar-refractivity contribution is 6.01. The average Bonchev–Trinajstić information content (AvgIpc) is 2.51. The van der Waals surface area contributed by atoms with E-state index in [1.165, 1.54) is 18.2 Å². The van der Waals surface area contributed by atoms with Gasteiger partial charge in [0.05, 0.1) is 18.1 Å². The molecule has 0 bridgehead atoms. The number of carboxylic acids is 2. The lowest BCUT2D eigenvalue weighted by molar-refractivity contribution is -0.255. The molecule has 0 heterocycles. The van der Waals surface area contributed by atoms with Crippen LogP contribution in [0.15, 0.2) is 24.3 Å². The first kappa shape index (κ1) is 18.7. The van der Waals surface area contributed by atoms with Crippen LogP contribution >= 0.6 is 0 Å². The SMILES string of the molecule is CC(CCCOC(=O)c1ccccc1C(=O)[O-])CCCC(=O)O. The molecule has 6 nitrogen and oxygen atoms in total. The van der Waals surface area contributed by atoms with Gasteiger partial charge in [0.2, 0.25) is 0 Å². The highest BCUT2D eigenvalue weighted by atomic mass is 16.5. The summed E-state index contributed by atoms with van der Waals surface area (Å²) in [5.41, 5.74) is -0.193. The Bertz CT molecular complexity index is 552. The topological polar surface area (TPSA) is 104 Å². The van der Waals surface area contributed by atoms with Gasteiger partial charge in [-0.3, -0.25) is 4.79 Å². The van der Waals surface area contributed by atoms with Gasteiger partial charge in [0.1, 0.15) is 0 Å². The van der Waals surface area contributed by atoms with E-state index in [0.29, 0.717) is 18.8 Å². The van der Waals surface area contributed by atoms with E-state index in [2.05, 4.69) is 0 Å². The minimum atomic E-state index is -1.41. The van der Waals surface area contributed by atoms with E-state index >= 15 is 0 Å². The van der Waals surface area contributed by atoms with E-state index in [9.17, 15) is 19.5 Å². The van der Waals surface area contributed by atoms with Crippen molar-refractivity contribution in [1.82, 2.24) is 0 Å². The molecular weight excluding hydrogens is 300 g/mol. The van der Waals surface area contributed by atoms with Gasteiger partial charge in [0, 0.05) is 12.0 Å². The molecule has 0 aliphatic heterocycles. The number of carbonyl (C=O) groups excluding carboxylic acids is 2. The maximum Gasteiger partial charge on any atom is 0.338 e. The molecule has 1 aromatic rings. The third-order valence-electron chi connectivity index (χ3n) is 3.53. The molecule has 1 atom stereocenters. The molecule has 1 unspecified atom stereocenters. The second kappa shape index (κ2) is 9.61. The summed E-state index contributed by atoms with van der Waals surface area (Å²) in [5, 5.41) is 19.5. The number of rotatable bonds is 10. The van der Waals surface area contributed by atoms with Crippen LogP contribution in [0.1, 0.15) is 59.7 Å². The molecule has 0 saturated heterocycles. The molecule has 0 aliphatic carbocycles. The number of hydrogen-bond acceptors (Lipinski definition) is 5. The molecule has 0 fully saturated rings. The zero-order chi connectivity index (χ0) is 17.2. The van der Waals surface area contributed by atoms with Crippen molar-refractivity contribution in [3.8, 4) is 0 Å². The molecule has 0 spiro atoms. The Morgan fingerprint density at radius 1 is 1.13 bits per heavy atom. The Morgan fingerprint density at radius 2 is 1.74 bits per heavy atom. The van der Waals surface area contributed by atoms with Crippen molar-refractivity contribution in [1.29, 1.82) is 0 Å². The zero-order valence-electron chi connectivity index (χ0n) is 13.1. The van der Waals surface area contributed by atoms with Gasteiger partial charge in [0.25, 0.3) is 0 Å². The lowest BCUT2D eigenvalue weighted by Crippen LogP contribution is -2.25. The number of esters is 1. The number of hydrogen-bond donors (Lipinski definition) is 1. The van der Waals surface area contributed by atoms with Crippen molar-refractivity contribution in [3.05, 3.63) is 35.4 Å². The molecule has 23 heavy (non-hydrogen) atoms. The smallest absolute Gasteiger partial charge is 0.338 e. The minimum Gasteiger partial charge on any atom is -0.545 e. The van der Waals surface area contributed by atoms with Crippen molar-refractivity contribution in [2.24, 2.45) is 5.92 Å². The predicted octanol–water partition coefficient (Wildman–Crippen LogP) is 1.88. The number of aromatic carboxylic acids is 1. The number of aliphatic carboxylic acids is 1. The van der Waals surface area contributed by atoms with Crippen LogP contribution in [-0.4, -0.2) is 29.6 Å². The lowest BCUT2D eigenvalue weighted by atomic mass is 9.99. The molecule has 1 rings (SSSR count). The fourth-order valence-electron chi connectivity index (χ4n) is 2.26. The fourth-order valence-corrected chi connectivity index (χ4v) is 2.26. The van der Waals surface area contributed by atoms with E-state index in [-0.39, 0.29) is 24.2 Å². The van der Waals surface area contributed by atoms with Gasteiger partial charge in [-0.05, 0) is 31.2 Å². The summed E-state index contributed by atoms with van der Waals surface area (Å²) in [4.78, 5) is 33.2.